The van der Waals surface area contributed by atoms with Crippen LogP contribution >= 0.6 is 0 Å². The van der Waals surface area contributed by atoms with Crippen LogP contribution < -0.4 is 5.32 Å². The second-order valence-corrected chi connectivity index (χ2v) is 3.28. The van der Waals surface area contributed by atoms with Gasteiger partial charge in [0, 0.05) is 33.3 Å². The number of nitrogens with one attached hydrogen (secondary N) is 1. The van der Waals surface area contributed by atoms with Crippen LogP contribution in [0.1, 0.15) is 0 Å². The van der Waals surface area contributed by atoms with Crippen LogP contribution in [0, 0.1) is 5.92 Å². The summed E-state index contributed by atoms with van der Waals surface area (Å²) < 4.78 is 4.99. The Morgan fingerprint density at radius 3 is 2.73 bits per heavy atom. The van der Waals surface area contributed by atoms with Gasteiger partial charge in [-0.2, -0.15) is 0 Å². The monoisotopic (exact) mass is 158 g/mol. The summed E-state index contributed by atoms with van der Waals surface area (Å²) in [6.45, 7) is 5.48. The Bertz CT molecular complexity index is 104. The van der Waals surface area contributed by atoms with Crippen molar-refractivity contribution in [2.45, 2.75) is 0 Å². The molecule has 0 saturated carbocycles. The average molecular weight is 158 g/mol. The molecule has 1 heterocycles. The highest BCUT2D eigenvalue weighted by atomic mass is 16.5. The summed E-state index contributed by atoms with van der Waals surface area (Å²) in [5, 5.41) is 3.26. The van der Waals surface area contributed by atoms with Gasteiger partial charge in [0.2, 0.25) is 0 Å². The molecule has 0 spiro atoms. The number of nitrogens with zero attached hydrogens (tertiary/aromatic N) is 1. The van der Waals surface area contributed by atoms with Gasteiger partial charge >= 0.3 is 0 Å². The summed E-state index contributed by atoms with van der Waals surface area (Å²) in [7, 11) is 3.90. The molecule has 1 fully saturated rings. The van der Waals surface area contributed by atoms with E-state index < -0.39 is 0 Å². The molecule has 1 aliphatic rings. The minimum Gasteiger partial charge on any atom is -0.383 e. The number of ether oxygens (including phenoxy) is 1. The fourth-order valence-electron chi connectivity index (χ4n) is 1.26. The highest BCUT2D eigenvalue weighted by Gasteiger charge is 2.17. The lowest BCUT2D eigenvalue weighted by molar-refractivity contribution is 0.143. The maximum Gasteiger partial charge on any atom is 0.0589 e. The Labute approximate surface area is 68.7 Å². The van der Waals surface area contributed by atoms with Crippen LogP contribution in [0.25, 0.3) is 0 Å². The molecule has 0 aromatic heterocycles. The van der Waals surface area contributed by atoms with Crippen molar-refractivity contribution in [2.24, 2.45) is 5.92 Å². The minimum atomic E-state index is 0.844. The van der Waals surface area contributed by atoms with Crippen molar-refractivity contribution in [3.05, 3.63) is 0 Å². The molecular weight excluding hydrogens is 140 g/mol. The van der Waals surface area contributed by atoms with Crippen LogP contribution in [-0.4, -0.2) is 51.8 Å². The van der Waals surface area contributed by atoms with Crippen molar-refractivity contribution < 1.29 is 4.74 Å². The summed E-state index contributed by atoms with van der Waals surface area (Å²) in [4.78, 5) is 2.33. The molecule has 3 nitrogen and oxygen atoms in total. The highest BCUT2D eigenvalue weighted by molar-refractivity contribution is 4.76. The van der Waals surface area contributed by atoms with Crippen molar-refractivity contribution >= 4 is 0 Å². The van der Waals surface area contributed by atoms with Gasteiger partial charge in [-0.25, -0.2) is 0 Å². The standard InChI is InChI=1S/C8H18N2O/c1-10(3-4-11-2)7-8-5-9-6-8/h8-9H,3-7H2,1-2H3. The molecule has 0 aliphatic carbocycles. The van der Waals surface area contributed by atoms with Crippen molar-refractivity contribution in [1.82, 2.24) is 10.2 Å². The van der Waals surface area contributed by atoms with E-state index in [4.69, 9.17) is 4.74 Å². The fraction of sp³-hybridized carbons (Fsp3) is 1.00. The quantitative estimate of drug-likeness (QED) is 0.599. The molecule has 0 amide bonds. The Morgan fingerprint density at radius 2 is 2.27 bits per heavy atom. The van der Waals surface area contributed by atoms with Crippen LogP contribution in [0.3, 0.4) is 0 Å². The largest absolute Gasteiger partial charge is 0.383 e. The Kier molecular flexibility index (Phi) is 3.83. The molecule has 0 unspecified atom stereocenters. The lowest BCUT2D eigenvalue weighted by Crippen LogP contribution is -2.47. The van der Waals surface area contributed by atoms with Crippen LogP contribution in [0.15, 0.2) is 0 Å². The molecule has 0 radical (unpaired) electrons. The molecule has 0 atom stereocenters. The average Bonchev–Trinajstić information content (AvgIpc) is 1.93. The third-order valence-electron chi connectivity index (χ3n) is 2.11. The van der Waals surface area contributed by atoms with Gasteiger partial charge in [0.15, 0.2) is 0 Å². The van der Waals surface area contributed by atoms with Gasteiger partial charge in [-0.3, -0.25) is 0 Å². The molecule has 11 heavy (non-hydrogen) atoms. The summed E-state index contributed by atoms with van der Waals surface area (Å²) in [5.74, 6) is 0.872. The molecule has 1 N–H and O–H groups in total. The minimum absolute atomic E-state index is 0.844. The first kappa shape index (κ1) is 8.97. The van der Waals surface area contributed by atoms with E-state index in [1.165, 1.54) is 19.6 Å². The van der Waals surface area contributed by atoms with E-state index in [9.17, 15) is 0 Å². The second kappa shape index (κ2) is 4.70. The van der Waals surface area contributed by atoms with Crippen LogP contribution in [-0.2, 0) is 4.74 Å². The first-order valence-electron chi connectivity index (χ1n) is 4.21. The van der Waals surface area contributed by atoms with E-state index >= 15 is 0 Å². The molecule has 0 aromatic carbocycles. The topological polar surface area (TPSA) is 24.5 Å². The maximum absolute atomic E-state index is 4.99. The first-order chi connectivity index (χ1) is 5.33. The van der Waals surface area contributed by atoms with Crippen LogP contribution in [0.4, 0.5) is 0 Å². The van der Waals surface area contributed by atoms with Gasteiger partial charge in [-0.1, -0.05) is 0 Å². The third kappa shape index (κ3) is 3.18. The van der Waals surface area contributed by atoms with Crippen molar-refractivity contribution in [2.75, 3.05) is 46.9 Å². The van der Waals surface area contributed by atoms with E-state index in [1.807, 2.05) is 0 Å². The predicted octanol–water partition coefficient (Wildman–Crippen LogP) is -0.216. The third-order valence-corrected chi connectivity index (χ3v) is 2.11. The molecule has 0 aromatic rings. The summed E-state index contributed by atoms with van der Waals surface area (Å²) in [5.41, 5.74) is 0. The van der Waals surface area contributed by atoms with Gasteiger partial charge in [0.1, 0.15) is 0 Å². The van der Waals surface area contributed by atoms with Gasteiger partial charge in [0.05, 0.1) is 6.61 Å². The molecule has 3 heteroatoms. The van der Waals surface area contributed by atoms with Crippen LogP contribution in [0.2, 0.25) is 0 Å². The van der Waals surface area contributed by atoms with E-state index in [-0.39, 0.29) is 0 Å². The number of hydrogen-bond acceptors (Lipinski definition) is 3. The SMILES string of the molecule is COCCN(C)CC1CNC1. The highest BCUT2D eigenvalue weighted by Crippen LogP contribution is 2.03. The Hall–Kier alpha value is -0.120. The predicted molar refractivity (Wildman–Crippen MR) is 45.7 cm³/mol. The lowest BCUT2D eigenvalue weighted by atomic mass is 10.0. The summed E-state index contributed by atoms with van der Waals surface area (Å²) in [6, 6.07) is 0. The number of rotatable bonds is 5. The van der Waals surface area contributed by atoms with Crippen LogP contribution in [0.5, 0.6) is 0 Å². The molecule has 66 valence electrons. The fourth-order valence-corrected chi connectivity index (χ4v) is 1.26. The lowest BCUT2D eigenvalue weighted by Gasteiger charge is -2.31. The number of methoxy groups -OCH3 is 1. The van der Waals surface area contributed by atoms with Crippen molar-refractivity contribution in [1.29, 1.82) is 0 Å². The normalized spacial score (nSPS) is 18.8. The van der Waals surface area contributed by atoms with Gasteiger partial charge in [-0.05, 0) is 13.0 Å². The molecule has 0 bridgehead atoms. The zero-order valence-electron chi connectivity index (χ0n) is 7.47. The number of likely N-dealkylation sites (N-methyl/N-ethyl adjacent to an activating group) is 1. The van der Waals surface area contributed by atoms with E-state index in [0.29, 0.717) is 0 Å². The van der Waals surface area contributed by atoms with Gasteiger partial charge in [0.25, 0.3) is 0 Å². The zero-order chi connectivity index (χ0) is 8.10. The van der Waals surface area contributed by atoms with E-state index in [2.05, 4.69) is 17.3 Å². The summed E-state index contributed by atoms with van der Waals surface area (Å²) >= 11 is 0. The zero-order valence-corrected chi connectivity index (χ0v) is 7.47. The Morgan fingerprint density at radius 1 is 1.55 bits per heavy atom. The molecule has 1 rings (SSSR count). The second-order valence-electron chi connectivity index (χ2n) is 3.28. The number of hydrogen-bond donors (Lipinski definition) is 1. The van der Waals surface area contributed by atoms with Crippen molar-refractivity contribution in [3.8, 4) is 0 Å². The van der Waals surface area contributed by atoms with Gasteiger partial charge < -0.3 is 15.0 Å². The van der Waals surface area contributed by atoms with Gasteiger partial charge in [-0.15, -0.1) is 0 Å². The molecular formula is C8H18N2O. The maximum atomic E-state index is 4.99. The molecule has 1 saturated heterocycles. The smallest absolute Gasteiger partial charge is 0.0589 e. The van der Waals surface area contributed by atoms with E-state index in [1.54, 1.807) is 7.11 Å². The van der Waals surface area contributed by atoms with Crippen molar-refractivity contribution in [3.63, 3.8) is 0 Å². The summed E-state index contributed by atoms with van der Waals surface area (Å²) in [6.07, 6.45) is 0. The van der Waals surface area contributed by atoms with E-state index in [0.717, 1.165) is 19.1 Å². The Balaban J connectivity index is 1.95. The molecule has 1 aliphatic heterocycles. The first-order valence-corrected chi connectivity index (χ1v) is 4.21.